The summed E-state index contributed by atoms with van der Waals surface area (Å²) < 4.78 is 6.74. The number of hydrogen-bond acceptors (Lipinski definition) is 4. The second-order valence-corrected chi connectivity index (χ2v) is 5.75. The largest absolute Gasteiger partial charge is 0.497 e. The smallest absolute Gasteiger partial charge is 0.345 e. The molecule has 6 heteroatoms. The van der Waals surface area contributed by atoms with Gasteiger partial charge in [-0.15, -0.1) is 0 Å². The van der Waals surface area contributed by atoms with Gasteiger partial charge in [-0.1, -0.05) is 0 Å². The number of nitrogens with zero attached hydrogens (tertiary/aromatic N) is 3. The van der Waals surface area contributed by atoms with Crippen LogP contribution in [0.4, 0.5) is 4.79 Å². The van der Waals surface area contributed by atoms with Crippen LogP contribution < -0.4 is 10.1 Å². The molecule has 3 aliphatic heterocycles. The van der Waals surface area contributed by atoms with Gasteiger partial charge in [-0.3, -0.25) is 0 Å². The van der Waals surface area contributed by atoms with Crippen molar-refractivity contribution in [3.05, 3.63) is 24.4 Å². The number of piperazine rings is 1. The number of fused-ring (bicyclic) bond motifs is 4. The number of carbonyl (C=O) groups is 1. The quantitative estimate of drug-likeness (QED) is 0.862. The van der Waals surface area contributed by atoms with E-state index in [1.54, 1.807) is 13.3 Å². The number of benzene rings is 1. The van der Waals surface area contributed by atoms with Crippen molar-refractivity contribution in [2.45, 2.75) is 24.9 Å². The first-order chi connectivity index (χ1) is 10.3. The Morgan fingerprint density at radius 1 is 1.43 bits per heavy atom. The van der Waals surface area contributed by atoms with E-state index < -0.39 is 0 Å². The van der Waals surface area contributed by atoms with E-state index in [4.69, 9.17) is 4.74 Å². The molecule has 1 amide bonds. The number of hydrogen-bond donors (Lipinski definition) is 1. The number of carbonyl (C=O) groups excluding carboxylic acids is 1. The molecule has 3 fully saturated rings. The van der Waals surface area contributed by atoms with Gasteiger partial charge in [0.1, 0.15) is 5.75 Å². The van der Waals surface area contributed by atoms with Crippen molar-refractivity contribution in [2.75, 3.05) is 20.2 Å². The monoisotopic (exact) mass is 286 g/mol. The van der Waals surface area contributed by atoms with E-state index >= 15 is 0 Å². The van der Waals surface area contributed by atoms with Gasteiger partial charge in [0, 0.05) is 36.6 Å². The van der Waals surface area contributed by atoms with Crippen molar-refractivity contribution in [1.29, 1.82) is 0 Å². The van der Waals surface area contributed by atoms with Gasteiger partial charge in [-0.05, 0) is 25.0 Å². The highest BCUT2D eigenvalue weighted by Crippen LogP contribution is 2.25. The van der Waals surface area contributed by atoms with Gasteiger partial charge in [0.2, 0.25) is 0 Å². The second kappa shape index (κ2) is 4.73. The van der Waals surface area contributed by atoms with Crippen LogP contribution in [0.1, 0.15) is 12.8 Å². The van der Waals surface area contributed by atoms with Crippen molar-refractivity contribution < 1.29 is 9.53 Å². The third kappa shape index (κ3) is 1.98. The predicted molar refractivity (Wildman–Crippen MR) is 78.6 cm³/mol. The van der Waals surface area contributed by atoms with Crippen LogP contribution in [0.15, 0.2) is 24.4 Å². The molecule has 2 aromatic rings. The number of nitrogens with one attached hydrogen (secondary N) is 1. The highest BCUT2D eigenvalue weighted by Gasteiger charge is 2.37. The second-order valence-electron chi connectivity index (χ2n) is 5.75. The van der Waals surface area contributed by atoms with Crippen LogP contribution in [0.5, 0.6) is 5.75 Å². The molecular weight excluding hydrogens is 268 g/mol. The molecule has 2 bridgehead atoms. The first kappa shape index (κ1) is 12.6. The molecule has 1 aromatic heterocycles. The molecule has 0 saturated carbocycles. The maximum Gasteiger partial charge on any atom is 0.345 e. The number of rotatable bonds is 1. The maximum atomic E-state index is 12.8. The van der Waals surface area contributed by atoms with Crippen LogP contribution in [-0.4, -0.2) is 53.0 Å². The number of piperidine rings is 2. The Morgan fingerprint density at radius 3 is 3.00 bits per heavy atom. The number of ether oxygens (including phenoxy) is 1. The molecule has 2 unspecified atom stereocenters. The molecule has 6 nitrogen and oxygen atoms in total. The Morgan fingerprint density at radius 2 is 2.33 bits per heavy atom. The standard InChI is InChI=1S/C15H18N4O2/c1-21-13-5-2-10-7-17-19(14(10)6-13)15(20)18-9-11-3-4-12(18)8-16-11/h2,5-7,11-12,16H,3-4,8-9H2,1H3. The molecule has 4 heterocycles. The lowest BCUT2D eigenvalue weighted by atomic mass is 9.93. The van der Waals surface area contributed by atoms with Crippen molar-refractivity contribution >= 4 is 16.9 Å². The Bertz CT molecular complexity index is 688. The molecule has 0 radical (unpaired) electrons. The summed E-state index contributed by atoms with van der Waals surface area (Å²) in [5.41, 5.74) is 0.800. The predicted octanol–water partition coefficient (Wildman–Crippen LogP) is 1.45. The molecule has 110 valence electrons. The van der Waals surface area contributed by atoms with Gasteiger partial charge < -0.3 is 15.0 Å². The molecule has 0 spiro atoms. The van der Waals surface area contributed by atoms with Crippen LogP contribution in [-0.2, 0) is 0 Å². The SMILES string of the molecule is COc1ccc2cnn(C(=O)N3CC4CCC3CN4)c2c1. The van der Waals surface area contributed by atoms with Crippen LogP contribution in [0.3, 0.4) is 0 Å². The summed E-state index contributed by atoms with van der Waals surface area (Å²) in [5.74, 6) is 0.735. The van der Waals surface area contributed by atoms with E-state index in [2.05, 4.69) is 10.4 Å². The third-order valence-corrected chi connectivity index (χ3v) is 4.55. The van der Waals surface area contributed by atoms with E-state index in [1.807, 2.05) is 23.1 Å². The van der Waals surface area contributed by atoms with Crippen molar-refractivity contribution in [2.24, 2.45) is 0 Å². The first-order valence-corrected chi connectivity index (χ1v) is 7.32. The van der Waals surface area contributed by atoms with Crippen LogP contribution in [0.2, 0.25) is 0 Å². The average molecular weight is 286 g/mol. The Kier molecular flexibility index (Phi) is 2.85. The fraction of sp³-hybridized carbons (Fsp3) is 0.467. The van der Waals surface area contributed by atoms with E-state index in [0.29, 0.717) is 6.04 Å². The van der Waals surface area contributed by atoms with E-state index in [1.165, 1.54) is 4.68 Å². The van der Waals surface area contributed by atoms with Crippen molar-refractivity contribution in [3.8, 4) is 5.75 Å². The Labute approximate surface area is 122 Å². The summed E-state index contributed by atoms with van der Waals surface area (Å²) >= 11 is 0. The minimum Gasteiger partial charge on any atom is -0.497 e. The number of amides is 1. The minimum absolute atomic E-state index is 0.0329. The van der Waals surface area contributed by atoms with Gasteiger partial charge in [0.15, 0.2) is 0 Å². The summed E-state index contributed by atoms with van der Waals surface area (Å²) in [6.45, 7) is 1.66. The van der Waals surface area contributed by atoms with Crippen molar-refractivity contribution in [3.63, 3.8) is 0 Å². The average Bonchev–Trinajstić information content (AvgIpc) is 2.98. The summed E-state index contributed by atoms with van der Waals surface area (Å²) in [6, 6.07) is 6.35. The van der Waals surface area contributed by atoms with Crippen LogP contribution in [0.25, 0.3) is 10.9 Å². The molecule has 0 aliphatic carbocycles. The Hall–Kier alpha value is -2.08. The molecule has 5 rings (SSSR count). The van der Waals surface area contributed by atoms with Gasteiger partial charge in [-0.25, -0.2) is 4.79 Å². The highest BCUT2D eigenvalue weighted by atomic mass is 16.5. The van der Waals surface area contributed by atoms with E-state index in [-0.39, 0.29) is 12.1 Å². The zero-order chi connectivity index (χ0) is 14.4. The zero-order valence-corrected chi connectivity index (χ0v) is 12.0. The fourth-order valence-electron chi connectivity index (χ4n) is 3.34. The number of methoxy groups -OCH3 is 1. The fourth-order valence-corrected chi connectivity index (χ4v) is 3.34. The summed E-state index contributed by atoms with van der Waals surface area (Å²) in [7, 11) is 1.62. The zero-order valence-electron chi connectivity index (χ0n) is 12.0. The lowest BCUT2D eigenvalue weighted by Crippen LogP contribution is -2.63. The van der Waals surface area contributed by atoms with Gasteiger partial charge in [-0.2, -0.15) is 9.78 Å². The maximum absolute atomic E-state index is 12.8. The lowest BCUT2D eigenvalue weighted by molar-refractivity contribution is 0.0976. The normalized spacial score (nSPS) is 24.5. The minimum atomic E-state index is -0.0329. The molecular formula is C15H18N4O2. The Balaban J connectivity index is 1.71. The van der Waals surface area contributed by atoms with Gasteiger partial charge in [0.25, 0.3) is 0 Å². The molecule has 3 aliphatic rings. The molecule has 2 atom stereocenters. The molecule has 3 saturated heterocycles. The lowest BCUT2D eigenvalue weighted by Gasteiger charge is -2.45. The van der Waals surface area contributed by atoms with Gasteiger partial charge >= 0.3 is 6.03 Å². The highest BCUT2D eigenvalue weighted by molar-refractivity contribution is 5.90. The molecule has 21 heavy (non-hydrogen) atoms. The summed E-state index contributed by atoms with van der Waals surface area (Å²) in [6.07, 6.45) is 3.96. The van der Waals surface area contributed by atoms with E-state index in [0.717, 1.165) is 42.6 Å². The third-order valence-electron chi connectivity index (χ3n) is 4.55. The number of aromatic nitrogens is 2. The van der Waals surface area contributed by atoms with Gasteiger partial charge in [0.05, 0.1) is 18.8 Å². The topological polar surface area (TPSA) is 59.4 Å². The van der Waals surface area contributed by atoms with Crippen molar-refractivity contribution in [1.82, 2.24) is 20.0 Å². The van der Waals surface area contributed by atoms with E-state index in [9.17, 15) is 4.79 Å². The van der Waals surface area contributed by atoms with Crippen LogP contribution in [0, 0.1) is 0 Å². The molecule has 1 N–H and O–H groups in total. The first-order valence-electron chi connectivity index (χ1n) is 7.32. The van der Waals surface area contributed by atoms with Crippen LogP contribution >= 0.6 is 0 Å². The molecule has 1 aromatic carbocycles. The summed E-state index contributed by atoms with van der Waals surface area (Å²) in [5, 5.41) is 8.69. The summed E-state index contributed by atoms with van der Waals surface area (Å²) in [4.78, 5) is 14.8.